The summed E-state index contributed by atoms with van der Waals surface area (Å²) in [7, 11) is 3.16. The molecule has 4 aliphatic rings. The Kier molecular flexibility index (Phi) is 4.41. The largest absolute Gasteiger partial charge is 0.497 e. The van der Waals surface area contributed by atoms with Gasteiger partial charge in [0.1, 0.15) is 11.5 Å². The highest BCUT2D eigenvalue weighted by atomic mass is 16.5. The number of amides is 2. The van der Waals surface area contributed by atoms with Gasteiger partial charge in [0.2, 0.25) is 11.8 Å². The number of hydrogen-bond acceptors (Lipinski definition) is 4. The third kappa shape index (κ3) is 2.39. The zero-order chi connectivity index (χ0) is 20.4. The lowest BCUT2D eigenvalue weighted by molar-refractivity contribution is -0.123. The van der Waals surface area contributed by atoms with Crippen molar-refractivity contribution in [3.8, 4) is 11.5 Å². The third-order valence-corrected chi connectivity index (χ3v) is 8.67. The van der Waals surface area contributed by atoms with Gasteiger partial charge < -0.3 is 9.47 Å². The Bertz CT molecular complexity index is 811. The number of rotatable bonds is 5. The molecule has 29 heavy (non-hydrogen) atoms. The maximum absolute atomic E-state index is 13.6. The fourth-order valence-corrected chi connectivity index (χ4v) is 7.70. The average Bonchev–Trinajstić information content (AvgIpc) is 3.46. The molecule has 156 valence electrons. The van der Waals surface area contributed by atoms with Crippen molar-refractivity contribution in [2.75, 3.05) is 19.1 Å². The molecule has 2 bridgehead atoms. The molecule has 2 amide bonds. The number of ether oxygens (including phenoxy) is 2. The van der Waals surface area contributed by atoms with Crippen molar-refractivity contribution in [2.24, 2.45) is 47.3 Å². The number of carbonyl (C=O) groups excluding carboxylic acids is 2. The predicted molar refractivity (Wildman–Crippen MR) is 110 cm³/mol. The van der Waals surface area contributed by atoms with E-state index in [1.165, 1.54) is 24.2 Å². The fraction of sp³-hybridized carbons (Fsp3) is 0.667. The summed E-state index contributed by atoms with van der Waals surface area (Å²) in [6.45, 7) is 4.58. The van der Waals surface area contributed by atoms with E-state index in [0.29, 0.717) is 52.7 Å². The smallest absolute Gasteiger partial charge is 0.238 e. The van der Waals surface area contributed by atoms with Crippen molar-refractivity contribution >= 4 is 17.5 Å². The van der Waals surface area contributed by atoms with E-state index in [-0.39, 0.29) is 23.7 Å². The predicted octanol–water partition coefficient (Wildman–Crippen LogP) is 4.15. The second-order valence-corrected chi connectivity index (χ2v) is 9.39. The second-order valence-electron chi connectivity index (χ2n) is 9.39. The van der Waals surface area contributed by atoms with Crippen LogP contribution in [0.15, 0.2) is 18.2 Å². The molecule has 5 rings (SSSR count). The van der Waals surface area contributed by atoms with Crippen molar-refractivity contribution in [3.05, 3.63) is 18.2 Å². The number of benzene rings is 1. The van der Waals surface area contributed by atoms with E-state index < -0.39 is 0 Å². The van der Waals surface area contributed by atoms with E-state index in [2.05, 4.69) is 13.8 Å². The Labute approximate surface area is 172 Å². The lowest BCUT2D eigenvalue weighted by atomic mass is 9.66. The summed E-state index contributed by atoms with van der Waals surface area (Å²) in [5.41, 5.74) is 0.557. The molecule has 1 aromatic carbocycles. The molecule has 0 N–H and O–H groups in total. The summed E-state index contributed by atoms with van der Waals surface area (Å²) in [6.07, 6.45) is 4.74. The molecule has 3 saturated carbocycles. The van der Waals surface area contributed by atoms with Crippen LogP contribution in [0, 0.1) is 47.3 Å². The quantitative estimate of drug-likeness (QED) is 0.701. The zero-order valence-electron chi connectivity index (χ0n) is 17.8. The number of nitrogens with zero attached hydrogens (tertiary/aromatic N) is 1. The van der Waals surface area contributed by atoms with E-state index in [9.17, 15) is 9.59 Å². The van der Waals surface area contributed by atoms with Gasteiger partial charge in [-0.1, -0.05) is 26.7 Å². The molecule has 1 saturated heterocycles. The Hall–Kier alpha value is -2.04. The second kappa shape index (κ2) is 6.75. The first-order valence-electron chi connectivity index (χ1n) is 11.1. The van der Waals surface area contributed by atoms with Crippen LogP contribution in [-0.4, -0.2) is 26.0 Å². The molecular formula is C24H31NO4. The van der Waals surface area contributed by atoms with Crippen molar-refractivity contribution in [2.45, 2.75) is 39.5 Å². The molecule has 8 unspecified atom stereocenters. The van der Waals surface area contributed by atoms with Crippen LogP contribution in [-0.2, 0) is 9.59 Å². The SMILES string of the molecule is CCC1CC(CC)C2C3CC(C4C(=O)N(c5ccc(OC)cc5OC)C(=O)C34)C12. The Morgan fingerprint density at radius 2 is 1.48 bits per heavy atom. The van der Waals surface area contributed by atoms with Gasteiger partial charge in [0.25, 0.3) is 0 Å². The van der Waals surface area contributed by atoms with E-state index in [0.717, 1.165) is 6.42 Å². The molecule has 8 atom stereocenters. The van der Waals surface area contributed by atoms with Crippen LogP contribution in [0.3, 0.4) is 0 Å². The molecule has 4 fully saturated rings. The van der Waals surface area contributed by atoms with E-state index >= 15 is 0 Å². The fourth-order valence-electron chi connectivity index (χ4n) is 7.70. The van der Waals surface area contributed by atoms with E-state index in [1.807, 2.05) is 0 Å². The maximum atomic E-state index is 13.6. The Morgan fingerprint density at radius 1 is 0.897 bits per heavy atom. The van der Waals surface area contributed by atoms with Gasteiger partial charge in [-0.2, -0.15) is 0 Å². The van der Waals surface area contributed by atoms with Crippen molar-refractivity contribution < 1.29 is 19.1 Å². The average molecular weight is 398 g/mol. The van der Waals surface area contributed by atoms with Gasteiger partial charge in [-0.05, 0) is 60.5 Å². The highest BCUT2D eigenvalue weighted by Crippen LogP contribution is 2.69. The number of fused-ring (bicyclic) bond motifs is 8. The molecule has 1 aromatic rings. The molecule has 0 spiro atoms. The van der Waals surface area contributed by atoms with E-state index in [4.69, 9.17) is 9.47 Å². The molecule has 5 nitrogen and oxygen atoms in total. The van der Waals surface area contributed by atoms with Crippen LogP contribution < -0.4 is 14.4 Å². The lowest BCUT2D eigenvalue weighted by Crippen LogP contribution is -2.37. The number of anilines is 1. The monoisotopic (exact) mass is 397 g/mol. The number of hydrogen-bond donors (Lipinski definition) is 0. The Balaban J connectivity index is 1.52. The minimum Gasteiger partial charge on any atom is -0.497 e. The summed E-state index contributed by atoms with van der Waals surface area (Å²) in [5.74, 6) is 4.32. The molecule has 0 aromatic heterocycles. The minimum absolute atomic E-state index is 0.00998. The van der Waals surface area contributed by atoms with Crippen molar-refractivity contribution in [1.29, 1.82) is 0 Å². The molecule has 5 heteroatoms. The van der Waals surface area contributed by atoms with Crippen LogP contribution in [0.1, 0.15) is 39.5 Å². The standard InChI is InChI=1S/C24H31NO4/c1-5-12-9-13(6-2)20-16-11-15(19(12)20)21-22(16)24(27)25(23(21)26)17-8-7-14(28-3)10-18(17)29-4/h7-8,10,12-13,15-16,19-22H,5-6,9,11H2,1-4H3. The summed E-state index contributed by atoms with van der Waals surface area (Å²) in [4.78, 5) is 28.6. The highest BCUT2D eigenvalue weighted by molar-refractivity contribution is 6.23. The first-order chi connectivity index (χ1) is 14.0. The number of methoxy groups -OCH3 is 2. The van der Waals surface area contributed by atoms with Crippen LogP contribution in [0.4, 0.5) is 5.69 Å². The normalized spacial score (nSPS) is 39.8. The summed E-state index contributed by atoms with van der Waals surface area (Å²) < 4.78 is 10.8. The van der Waals surface area contributed by atoms with Crippen molar-refractivity contribution in [3.63, 3.8) is 0 Å². The lowest BCUT2D eigenvalue weighted by Gasteiger charge is -2.35. The molecule has 3 aliphatic carbocycles. The van der Waals surface area contributed by atoms with Crippen molar-refractivity contribution in [1.82, 2.24) is 0 Å². The summed E-state index contributed by atoms with van der Waals surface area (Å²) in [5, 5.41) is 0. The third-order valence-electron chi connectivity index (χ3n) is 8.67. The van der Waals surface area contributed by atoms with Gasteiger partial charge in [-0.25, -0.2) is 4.90 Å². The molecule has 1 heterocycles. The van der Waals surface area contributed by atoms with E-state index in [1.54, 1.807) is 32.4 Å². The van der Waals surface area contributed by atoms with Gasteiger partial charge in [0.15, 0.2) is 0 Å². The molecule has 1 aliphatic heterocycles. The van der Waals surface area contributed by atoms with Gasteiger partial charge >= 0.3 is 0 Å². The summed E-state index contributed by atoms with van der Waals surface area (Å²) in [6, 6.07) is 5.31. The van der Waals surface area contributed by atoms with Crippen LogP contribution in [0.25, 0.3) is 0 Å². The Morgan fingerprint density at radius 3 is 1.97 bits per heavy atom. The number of imide groups is 1. The highest BCUT2D eigenvalue weighted by Gasteiger charge is 2.70. The van der Waals surface area contributed by atoms with Gasteiger partial charge in [0, 0.05) is 6.07 Å². The maximum Gasteiger partial charge on any atom is 0.238 e. The van der Waals surface area contributed by atoms with Crippen LogP contribution in [0.5, 0.6) is 11.5 Å². The van der Waals surface area contributed by atoms with Crippen LogP contribution >= 0.6 is 0 Å². The minimum atomic E-state index is -0.134. The summed E-state index contributed by atoms with van der Waals surface area (Å²) >= 11 is 0. The van der Waals surface area contributed by atoms with Gasteiger partial charge in [-0.15, -0.1) is 0 Å². The number of carbonyl (C=O) groups is 2. The van der Waals surface area contributed by atoms with Gasteiger partial charge in [-0.3, -0.25) is 9.59 Å². The first kappa shape index (κ1) is 19.0. The first-order valence-corrected chi connectivity index (χ1v) is 11.1. The van der Waals surface area contributed by atoms with Gasteiger partial charge in [0.05, 0.1) is 31.7 Å². The molecular weight excluding hydrogens is 366 g/mol. The van der Waals surface area contributed by atoms with Crippen LogP contribution in [0.2, 0.25) is 0 Å². The topological polar surface area (TPSA) is 55.8 Å². The molecule has 0 radical (unpaired) electrons. The zero-order valence-corrected chi connectivity index (χ0v) is 17.8.